The first-order chi connectivity index (χ1) is 8.11. The maximum absolute atomic E-state index is 10.8. The van der Waals surface area contributed by atoms with E-state index in [1.165, 1.54) is 5.56 Å². The Bertz CT molecular complexity index is 337. The van der Waals surface area contributed by atoms with E-state index >= 15 is 0 Å². The van der Waals surface area contributed by atoms with Crippen molar-refractivity contribution in [2.24, 2.45) is 5.92 Å². The Balaban J connectivity index is 2.18. The summed E-state index contributed by atoms with van der Waals surface area (Å²) in [6.07, 6.45) is 2.06. The molecular weight excluding hydrogens is 214 g/mol. The van der Waals surface area contributed by atoms with Crippen molar-refractivity contribution in [3.05, 3.63) is 35.9 Å². The van der Waals surface area contributed by atoms with Crippen molar-refractivity contribution in [1.82, 2.24) is 5.32 Å². The van der Waals surface area contributed by atoms with Crippen molar-refractivity contribution in [2.75, 3.05) is 6.54 Å². The molecule has 3 nitrogen and oxygen atoms in total. The van der Waals surface area contributed by atoms with Crippen LogP contribution in [0.15, 0.2) is 30.3 Å². The molecule has 0 spiro atoms. The molecular formula is C14H21NO2. The van der Waals surface area contributed by atoms with Gasteiger partial charge in [0.15, 0.2) is 0 Å². The lowest BCUT2D eigenvalue weighted by Crippen LogP contribution is -2.36. The lowest BCUT2D eigenvalue weighted by atomic mass is 10.0. The van der Waals surface area contributed by atoms with Gasteiger partial charge in [-0.3, -0.25) is 4.79 Å². The molecule has 0 saturated heterocycles. The zero-order valence-corrected chi connectivity index (χ0v) is 10.5. The molecule has 0 aliphatic carbocycles. The normalized spacial score (nSPS) is 14.2. The summed E-state index contributed by atoms with van der Waals surface area (Å²) in [7, 11) is 0. The molecule has 0 saturated carbocycles. The second-order valence-corrected chi connectivity index (χ2v) is 4.46. The molecule has 3 heteroatoms. The molecule has 0 fully saturated rings. The van der Waals surface area contributed by atoms with Crippen molar-refractivity contribution < 1.29 is 9.90 Å². The number of nitrogens with one attached hydrogen (secondary N) is 1. The average molecular weight is 235 g/mol. The van der Waals surface area contributed by atoms with Crippen LogP contribution in [0.3, 0.4) is 0 Å². The number of rotatable bonds is 7. The topological polar surface area (TPSA) is 49.3 Å². The number of carbonyl (C=O) groups is 1. The molecule has 94 valence electrons. The van der Waals surface area contributed by atoms with Crippen LogP contribution in [-0.4, -0.2) is 23.7 Å². The van der Waals surface area contributed by atoms with E-state index in [2.05, 4.69) is 17.4 Å². The van der Waals surface area contributed by atoms with Gasteiger partial charge in [-0.2, -0.15) is 0 Å². The first-order valence-electron chi connectivity index (χ1n) is 6.11. The number of aliphatic carboxylic acids is 1. The Morgan fingerprint density at radius 1 is 1.29 bits per heavy atom. The number of hydrogen-bond donors (Lipinski definition) is 2. The SMILES string of the molecule is CC(NCCCc1ccccc1)C(C)C(=O)O. The minimum Gasteiger partial charge on any atom is -0.481 e. The Hall–Kier alpha value is -1.35. The van der Waals surface area contributed by atoms with Gasteiger partial charge in [0.1, 0.15) is 0 Å². The largest absolute Gasteiger partial charge is 0.481 e. The van der Waals surface area contributed by atoms with Gasteiger partial charge in [0.25, 0.3) is 0 Å². The van der Waals surface area contributed by atoms with Crippen LogP contribution in [0.1, 0.15) is 25.8 Å². The lowest BCUT2D eigenvalue weighted by Gasteiger charge is -2.17. The van der Waals surface area contributed by atoms with Crippen LogP contribution in [0.2, 0.25) is 0 Å². The molecule has 0 bridgehead atoms. The number of carboxylic acid groups (broad SMARTS) is 1. The summed E-state index contributed by atoms with van der Waals surface area (Å²) in [6, 6.07) is 10.3. The average Bonchev–Trinajstić information content (AvgIpc) is 2.34. The third kappa shape index (κ3) is 5.00. The van der Waals surface area contributed by atoms with Gasteiger partial charge in [-0.25, -0.2) is 0 Å². The van der Waals surface area contributed by atoms with E-state index in [9.17, 15) is 4.79 Å². The summed E-state index contributed by atoms with van der Waals surface area (Å²) in [4.78, 5) is 10.8. The number of carboxylic acids is 1. The molecule has 0 radical (unpaired) electrons. The summed E-state index contributed by atoms with van der Waals surface area (Å²) >= 11 is 0. The monoisotopic (exact) mass is 235 g/mol. The van der Waals surface area contributed by atoms with E-state index < -0.39 is 5.97 Å². The first-order valence-corrected chi connectivity index (χ1v) is 6.11. The minimum atomic E-state index is -0.743. The smallest absolute Gasteiger partial charge is 0.307 e. The molecule has 0 aliphatic rings. The highest BCUT2D eigenvalue weighted by molar-refractivity contribution is 5.70. The van der Waals surface area contributed by atoms with Crippen molar-refractivity contribution in [3.63, 3.8) is 0 Å². The predicted molar refractivity (Wildman–Crippen MR) is 69.0 cm³/mol. The van der Waals surface area contributed by atoms with E-state index in [4.69, 9.17) is 5.11 Å². The summed E-state index contributed by atoms with van der Waals surface area (Å²) < 4.78 is 0. The van der Waals surface area contributed by atoms with Gasteiger partial charge < -0.3 is 10.4 Å². The first kappa shape index (κ1) is 13.7. The molecule has 1 aromatic carbocycles. The van der Waals surface area contributed by atoms with Crippen LogP contribution in [0.5, 0.6) is 0 Å². The van der Waals surface area contributed by atoms with Gasteiger partial charge in [0, 0.05) is 6.04 Å². The Labute approximate surface area is 103 Å². The van der Waals surface area contributed by atoms with Crippen LogP contribution >= 0.6 is 0 Å². The zero-order valence-electron chi connectivity index (χ0n) is 10.5. The van der Waals surface area contributed by atoms with E-state index in [0.29, 0.717) is 0 Å². The zero-order chi connectivity index (χ0) is 12.7. The molecule has 1 rings (SSSR count). The highest BCUT2D eigenvalue weighted by atomic mass is 16.4. The fourth-order valence-corrected chi connectivity index (χ4v) is 1.66. The van der Waals surface area contributed by atoms with Crippen molar-refractivity contribution in [2.45, 2.75) is 32.7 Å². The summed E-state index contributed by atoms with van der Waals surface area (Å²) in [5.74, 6) is -1.08. The second kappa shape index (κ2) is 7.07. The molecule has 2 N–H and O–H groups in total. The van der Waals surface area contributed by atoms with Crippen LogP contribution in [0.25, 0.3) is 0 Å². The van der Waals surface area contributed by atoms with E-state index in [1.54, 1.807) is 6.92 Å². The quantitative estimate of drug-likeness (QED) is 0.713. The highest BCUT2D eigenvalue weighted by Crippen LogP contribution is 2.04. The Morgan fingerprint density at radius 3 is 2.53 bits per heavy atom. The fraction of sp³-hybridized carbons (Fsp3) is 0.500. The summed E-state index contributed by atoms with van der Waals surface area (Å²) in [5.41, 5.74) is 1.33. The summed E-state index contributed by atoms with van der Waals surface area (Å²) in [5, 5.41) is 12.1. The van der Waals surface area contributed by atoms with E-state index in [0.717, 1.165) is 19.4 Å². The van der Waals surface area contributed by atoms with Crippen LogP contribution < -0.4 is 5.32 Å². The third-order valence-electron chi connectivity index (χ3n) is 3.09. The molecule has 0 aromatic heterocycles. The number of benzene rings is 1. The molecule has 17 heavy (non-hydrogen) atoms. The number of aryl methyl sites for hydroxylation is 1. The lowest BCUT2D eigenvalue weighted by molar-refractivity contribution is -0.141. The van der Waals surface area contributed by atoms with Gasteiger partial charge in [0.05, 0.1) is 5.92 Å². The predicted octanol–water partition coefficient (Wildman–Crippen LogP) is 2.32. The number of hydrogen-bond acceptors (Lipinski definition) is 2. The molecule has 0 amide bonds. The molecule has 2 unspecified atom stereocenters. The van der Waals surface area contributed by atoms with Crippen molar-refractivity contribution in [1.29, 1.82) is 0 Å². The van der Waals surface area contributed by atoms with Gasteiger partial charge in [-0.1, -0.05) is 37.3 Å². The summed E-state index contributed by atoms with van der Waals surface area (Å²) in [6.45, 7) is 4.51. The van der Waals surface area contributed by atoms with Gasteiger partial charge in [-0.15, -0.1) is 0 Å². The standard InChI is InChI=1S/C14H21NO2/c1-11(14(16)17)12(2)15-10-6-9-13-7-4-3-5-8-13/h3-5,7-8,11-12,15H,6,9-10H2,1-2H3,(H,16,17). The molecule has 0 heterocycles. The minimum absolute atomic E-state index is 0.0169. The third-order valence-corrected chi connectivity index (χ3v) is 3.09. The maximum atomic E-state index is 10.8. The molecule has 1 aromatic rings. The maximum Gasteiger partial charge on any atom is 0.307 e. The Morgan fingerprint density at radius 2 is 1.94 bits per heavy atom. The van der Waals surface area contributed by atoms with Crippen molar-refractivity contribution >= 4 is 5.97 Å². The van der Waals surface area contributed by atoms with E-state index in [-0.39, 0.29) is 12.0 Å². The highest BCUT2D eigenvalue weighted by Gasteiger charge is 2.17. The van der Waals surface area contributed by atoms with Crippen LogP contribution in [-0.2, 0) is 11.2 Å². The molecule has 2 atom stereocenters. The van der Waals surface area contributed by atoms with Crippen LogP contribution in [0.4, 0.5) is 0 Å². The fourth-order valence-electron chi connectivity index (χ4n) is 1.66. The van der Waals surface area contributed by atoms with Gasteiger partial charge in [-0.05, 0) is 31.9 Å². The second-order valence-electron chi connectivity index (χ2n) is 4.46. The van der Waals surface area contributed by atoms with Crippen LogP contribution in [0, 0.1) is 5.92 Å². The van der Waals surface area contributed by atoms with Gasteiger partial charge in [0.2, 0.25) is 0 Å². The molecule has 0 aliphatic heterocycles. The van der Waals surface area contributed by atoms with E-state index in [1.807, 2.05) is 25.1 Å². The Kier molecular flexibility index (Phi) is 5.70. The van der Waals surface area contributed by atoms with Gasteiger partial charge >= 0.3 is 5.97 Å². The van der Waals surface area contributed by atoms with Crippen molar-refractivity contribution in [3.8, 4) is 0 Å².